The van der Waals surface area contributed by atoms with E-state index in [-0.39, 0.29) is 0 Å². The Bertz CT molecular complexity index is 398. The number of aliphatic imine (C=N–C) groups is 1. The molecule has 0 aromatic carbocycles. The van der Waals surface area contributed by atoms with Gasteiger partial charge in [0, 0.05) is 0 Å². The number of allylic oxidation sites excluding steroid dienone is 7. The first kappa shape index (κ1) is 19.3. The Kier molecular flexibility index (Phi) is 16.2. The van der Waals surface area contributed by atoms with Crippen LogP contribution in [0, 0.1) is 12.3 Å². The van der Waals surface area contributed by atoms with E-state index in [1.54, 1.807) is 6.92 Å². The maximum absolute atomic E-state index is 4.60. The summed E-state index contributed by atoms with van der Waals surface area (Å²) in [6, 6.07) is 0. The third-order valence-corrected chi connectivity index (χ3v) is 2.09. The molecule has 0 aliphatic rings. The molecule has 0 aliphatic carbocycles. The van der Waals surface area contributed by atoms with Crippen LogP contribution < -0.4 is 0 Å². The van der Waals surface area contributed by atoms with Crippen LogP contribution in [0.1, 0.15) is 27.2 Å². The summed E-state index contributed by atoms with van der Waals surface area (Å²) in [4.78, 5) is 3.90. The van der Waals surface area contributed by atoms with Crippen molar-refractivity contribution in [2.45, 2.75) is 27.2 Å². The normalized spacial score (nSPS) is 11.9. The highest BCUT2D eigenvalue weighted by Crippen LogP contribution is 2.13. The molecule has 0 rings (SSSR count). The van der Waals surface area contributed by atoms with Crippen molar-refractivity contribution >= 4 is 6.72 Å². The van der Waals surface area contributed by atoms with Gasteiger partial charge < -0.3 is 0 Å². The number of nitrogens with zero attached hydrogens (tertiary/aromatic N) is 1. The quantitative estimate of drug-likeness (QED) is 0.348. The molecular formula is C18H25N. The topological polar surface area (TPSA) is 12.4 Å². The predicted molar refractivity (Wildman–Crippen MR) is 89.5 cm³/mol. The van der Waals surface area contributed by atoms with E-state index in [0.717, 1.165) is 12.0 Å². The molecule has 0 amide bonds. The lowest BCUT2D eigenvalue weighted by Crippen LogP contribution is -1.90. The van der Waals surface area contributed by atoms with E-state index in [2.05, 4.69) is 42.8 Å². The Morgan fingerprint density at radius 2 is 1.84 bits per heavy atom. The standard InChI is InChI=1S/C15H21N.C3H4/c1-5-8-9-10-12-15(11-6-2)14(7-3)13-16-4;1-3-2/h5-11H,3-4,12-13H2,1-2H3;1H,2H3/b8-5-,10-9-,11-6-,15-14+;. The van der Waals surface area contributed by atoms with Gasteiger partial charge in [0.2, 0.25) is 0 Å². The van der Waals surface area contributed by atoms with Gasteiger partial charge in [-0.05, 0) is 45.1 Å². The molecule has 0 fully saturated rings. The van der Waals surface area contributed by atoms with Crippen LogP contribution >= 0.6 is 0 Å². The molecule has 0 spiro atoms. The first-order valence-corrected chi connectivity index (χ1v) is 6.26. The molecule has 0 bridgehead atoms. The van der Waals surface area contributed by atoms with E-state index in [0.29, 0.717) is 6.54 Å². The van der Waals surface area contributed by atoms with Crippen LogP contribution in [0.15, 0.2) is 65.2 Å². The van der Waals surface area contributed by atoms with E-state index < -0.39 is 0 Å². The van der Waals surface area contributed by atoms with Crippen molar-refractivity contribution in [1.82, 2.24) is 0 Å². The van der Waals surface area contributed by atoms with Gasteiger partial charge in [-0.25, -0.2) is 0 Å². The van der Waals surface area contributed by atoms with Gasteiger partial charge in [0.1, 0.15) is 0 Å². The van der Waals surface area contributed by atoms with Gasteiger partial charge in [-0.1, -0.05) is 49.1 Å². The monoisotopic (exact) mass is 255 g/mol. The molecule has 1 heteroatoms. The lowest BCUT2D eigenvalue weighted by Gasteiger charge is -2.04. The molecule has 0 unspecified atom stereocenters. The van der Waals surface area contributed by atoms with Crippen LogP contribution in [0.2, 0.25) is 0 Å². The average Bonchev–Trinajstić information content (AvgIpc) is 2.41. The molecule has 1 nitrogen and oxygen atoms in total. The number of hydrogen-bond donors (Lipinski definition) is 0. The molecule has 0 aromatic rings. The van der Waals surface area contributed by atoms with Gasteiger partial charge in [-0.15, -0.1) is 12.3 Å². The zero-order valence-electron chi connectivity index (χ0n) is 12.4. The maximum Gasteiger partial charge on any atom is 0.0635 e. The summed E-state index contributed by atoms with van der Waals surface area (Å²) in [7, 11) is 0. The fraction of sp³-hybridized carbons (Fsp3) is 0.278. The van der Waals surface area contributed by atoms with E-state index in [9.17, 15) is 0 Å². The summed E-state index contributed by atoms with van der Waals surface area (Å²) in [5, 5.41) is 0. The number of rotatable bonds is 7. The van der Waals surface area contributed by atoms with Crippen LogP contribution in [0.4, 0.5) is 0 Å². The fourth-order valence-electron chi connectivity index (χ4n) is 1.31. The van der Waals surface area contributed by atoms with E-state index in [1.807, 2.05) is 44.2 Å². The first-order valence-electron chi connectivity index (χ1n) is 6.26. The van der Waals surface area contributed by atoms with Crippen molar-refractivity contribution in [3.63, 3.8) is 0 Å². The fourth-order valence-corrected chi connectivity index (χ4v) is 1.31. The summed E-state index contributed by atoms with van der Waals surface area (Å²) >= 11 is 0. The second-order valence-electron chi connectivity index (χ2n) is 3.58. The van der Waals surface area contributed by atoms with Gasteiger partial charge >= 0.3 is 0 Å². The smallest absolute Gasteiger partial charge is 0.0635 e. The Balaban J connectivity index is 0. The summed E-state index contributed by atoms with van der Waals surface area (Å²) in [6.07, 6.45) is 19.7. The molecule has 0 radical (unpaired) electrons. The zero-order valence-corrected chi connectivity index (χ0v) is 12.4. The summed E-state index contributed by atoms with van der Waals surface area (Å²) in [5.41, 5.74) is 2.38. The van der Waals surface area contributed by atoms with Crippen molar-refractivity contribution in [1.29, 1.82) is 0 Å². The average molecular weight is 255 g/mol. The van der Waals surface area contributed by atoms with E-state index in [4.69, 9.17) is 0 Å². The third kappa shape index (κ3) is 12.2. The molecule has 0 aromatic heterocycles. The first-order chi connectivity index (χ1) is 9.21. The predicted octanol–water partition coefficient (Wildman–Crippen LogP) is 4.91. The van der Waals surface area contributed by atoms with Crippen molar-refractivity contribution in [3.05, 3.63) is 60.3 Å². The largest absolute Gasteiger partial charge is 0.296 e. The van der Waals surface area contributed by atoms with Crippen LogP contribution in [0.25, 0.3) is 0 Å². The molecule has 0 saturated carbocycles. The Morgan fingerprint density at radius 1 is 1.21 bits per heavy atom. The number of hydrogen-bond acceptors (Lipinski definition) is 1. The van der Waals surface area contributed by atoms with Gasteiger partial charge in [0.25, 0.3) is 0 Å². The molecule has 0 aliphatic heterocycles. The maximum atomic E-state index is 4.60. The number of terminal acetylenes is 1. The van der Waals surface area contributed by atoms with Crippen LogP contribution in [-0.2, 0) is 0 Å². The highest BCUT2D eigenvalue weighted by molar-refractivity contribution is 5.37. The lowest BCUT2D eigenvalue weighted by molar-refractivity contribution is 1.13. The minimum Gasteiger partial charge on any atom is -0.296 e. The molecule has 0 N–H and O–H groups in total. The van der Waals surface area contributed by atoms with Gasteiger partial charge in [-0.3, -0.25) is 4.99 Å². The van der Waals surface area contributed by atoms with Crippen LogP contribution in [-0.4, -0.2) is 13.3 Å². The van der Waals surface area contributed by atoms with Crippen molar-refractivity contribution in [2.75, 3.05) is 6.54 Å². The van der Waals surface area contributed by atoms with E-state index >= 15 is 0 Å². The Labute approximate surface area is 118 Å². The third-order valence-electron chi connectivity index (χ3n) is 2.09. The molecule has 0 saturated heterocycles. The second kappa shape index (κ2) is 15.9. The Hall–Kier alpha value is -2.07. The minimum atomic E-state index is 0.626. The van der Waals surface area contributed by atoms with Crippen LogP contribution in [0.5, 0.6) is 0 Å². The highest BCUT2D eigenvalue weighted by Gasteiger charge is 1.97. The van der Waals surface area contributed by atoms with Crippen molar-refractivity contribution < 1.29 is 0 Å². The lowest BCUT2D eigenvalue weighted by atomic mass is 10.0. The summed E-state index contributed by atoms with van der Waals surface area (Å²) in [5.74, 6) is 2.25. The zero-order chi connectivity index (χ0) is 14.9. The molecule has 0 heterocycles. The highest BCUT2D eigenvalue weighted by atomic mass is 14.7. The summed E-state index contributed by atoms with van der Waals surface area (Å²) < 4.78 is 0. The summed E-state index contributed by atoms with van der Waals surface area (Å²) in [6.45, 7) is 13.6. The van der Waals surface area contributed by atoms with Gasteiger partial charge in [-0.2, -0.15) is 0 Å². The van der Waals surface area contributed by atoms with Gasteiger partial charge in [0.15, 0.2) is 0 Å². The van der Waals surface area contributed by atoms with Crippen molar-refractivity contribution in [2.24, 2.45) is 4.99 Å². The minimum absolute atomic E-state index is 0.626. The molecular weight excluding hydrogens is 230 g/mol. The second-order valence-corrected chi connectivity index (χ2v) is 3.58. The van der Waals surface area contributed by atoms with Gasteiger partial charge in [0.05, 0.1) is 6.54 Å². The van der Waals surface area contributed by atoms with Crippen LogP contribution in [0.3, 0.4) is 0 Å². The molecule has 0 atom stereocenters. The van der Waals surface area contributed by atoms with Crippen molar-refractivity contribution in [3.8, 4) is 12.3 Å². The molecule has 102 valence electrons. The Morgan fingerprint density at radius 3 is 2.26 bits per heavy atom. The SMILES string of the molecule is C#CC.C=C/C(CN=C)=C(/C=C\C)C/C=C\C=C/C. The van der Waals surface area contributed by atoms with E-state index in [1.165, 1.54) is 5.57 Å². The molecule has 19 heavy (non-hydrogen) atoms.